The largest absolute Gasteiger partial charge is 0.748 e. The summed E-state index contributed by atoms with van der Waals surface area (Å²) in [4.78, 5) is 23.0. The Morgan fingerprint density at radius 3 is 1.14 bits per heavy atom. The van der Waals surface area contributed by atoms with Gasteiger partial charge in [-0.15, -0.1) is 0 Å². The average Bonchev–Trinajstić information content (AvgIpc) is 1.60. The van der Waals surface area contributed by atoms with Crippen LogP contribution in [0.3, 0.4) is 0 Å². The number of halogens is 1. The van der Waals surface area contributed by atoms with Crippen LogP contribution in [0.1, 0.15) is 155 Å². The van der Waals surface area contributed by atoms with Crippen LogP contribution in [0.15, 0.2) is 185 Å². The van der Waals surface area contributed by atoms with Crippen molar-refractivity contribution in [2.45, 2.75) is 174 Å². The molecule has 0 fully saturated rings. The summed E-state index contributed by atoms with van der Waals surface area (Å²) in [5.74, 6) is -4.39. The van der Waals surface area contributed by atoms with Gasteiger partial charge in [0.05, 0.1) is 83.7 Å². The van der Waals surface area contributed by atoms with Crippen molar-refractivity contribution in [2.24, 2.45) is 5.73 Å². The van der Waals surface area contributed by atoms with Crippen molar-refractivity contribution in [3.63, 3.8) is 0 Å². The van der Waals surface area contributed by atoms with Crippen LogP contribution >= 0.6 is 11.6 Å². The summed E-state index contributed by atoms with van der Waals surface area (Å²) in [6, 6.07) is 15.8. The van der Waals surface area contributed by atoms with Crippen molar-refractivity contribution < 1.29 is 133 Å². The van der Waals surface area contributed by atoms with E-state index in [-0.39, 0.29) is 77.8 Å². The molecule has 5 N–H and O–H groups in total. The maximum Gasteiger partial charge on any atom is 0.305 e. The Kier molecular flexibility index (Phi) is 30.8. The third-order valence-electron chi connectivity index (χ3n) is 21.5. The lowest BCUT2D eigenvalue weighted by Gasteiger charge is -2.28. The number of nitrogens with two attached hydrogens (primary N) is 1. The first-order valence-electron chi connectivity index (χ1n) is 37.8. The molecule has 43 heteroatoms. The predicted octanol–water partition coefficient (Wildman–Crippen LogP) is 7.41. The van der Waals surface area contributed by atoms with Gasteiger partial charge >= 0.3 is 11.9 Å². The number of nitrogens with one attached hydrogen (secondary N) is 1. The number of nitrogens with zero attached hydrogens (tertiary/aromatic N) is 4. The number of aliphatic carboxylic acids is 2. The molecule has 0 spiro atoms. The number of hydrogen-bond donors (Lipinski definition) is 4. The number of fused-ring (bicyclic) bond motifs is 4. The van der Waals surface area contributed by atoms with Crippen LogP contribution in [0.2, 0.25) is 0 Å². The molecule has 0 aromatic heterocycles. The maximum atomic E-state index is 12.0. The van der Waals surface area contributed by atoms with E-state index in [0.29, 0.717) is 117 Å². The fourth-order valence-corrected chi connectivity index (χ4v) is 19.9. The summed E-state index contributed by atoms with van der Waals surface area (Å²) in [5.41, 5.74) is 11.7. The Bertz CT molecular complexity index is 6120. The smallest absolute Gasteiger partial charge is 0.305 e. The molecule has 664 valence electrons. The summed E-state index contributed by atoms with van der Waals surface area (Å²) in [6.07, 6.45) is 17.8. The minimum atomic E-state index is -4.82. The van der Waals surface area contributed by atoms with Crippen molar-refractivity contribution >= 4 is 139 Å². The van der Waals surface area contributed by atoms with Crippen LogP contribution in [-0.4, -0.2) is 209 Å². The van der Waals surface area contributed by atoms with Gasteiger partial charge in [0.15, 0.2) is 11.4 Å². The second-order valence-corrected chi connectivity index (χ2v) is 43.5. The number of benzene rings is 4. The van der Waals surface area contributed by atoms with Crippen LogP contribution in [0.4, 0.5) is 22.7 Å². The summed E-state index contributed by atoms with van der Waals surface area (Å²) in [5, 5.41) is 21.0. The van der Waals surface area contributed by atoms with Gasteiger partial charge in [-0.1, -0.05) is 63.6 Å². The third-order valence-corrected chi connectivity index (χ3v) is 28.4. The number of anilines is 2. The summed E-state index contributed by atoms with van der Waals surface area (Å²) in [7, 11) is -37.3. The van der Waals surface area contributed by atoms with Crippen LogP contribution in [0.5, 0.6) is 0 Å². The highest BCUT2D eigenvalue weighted by Gasteiger charge is 2.48. The number of carbonyl (C=O) groups is 2. The molecule has 10 rings (SSSR count). The van der Waals surface area contributed by atoms with Gasteiger partial charge in [-0.25, -0.2) is 67.3 Å². The first-order valence-corrected chi connectivity index (χ1v) is 50.1. The van der Waals surface area contributed by atoms with Gasteiger partial charge in [0, 0.05) is 142 Å². The van der Waals surface area contributed by atoms with Gasteiger partial charge in [0.25, 0.3) is 0 Å². The number of allylic oxidation sites excluding steroid dienone is 15. The Hall–Kier alpha value is -7.99. The van der Waals surface area contributed by atoms with Crippen molar-refractivity contribution in [1.29, 1.82) is 0 Å². The van der Waals surface area contributed by atoms with Gasteiger partial charge < -0.3 is 67.5 Å². The Morgan fingerprint density at radius 1 is 0.446 bits per heavy atom. The van der Waals surface area contributed by atoms with E-state index >= 15 is 0 Å². The van der Waals surface area contributed by atoms with E-state index in [1.165, 1.54) is 72.8 Å². The SMILES string of the molecule is CC1(C)C(/C=C/C2=C(Cl)C(=C/C=C3\N(CCCS(=O)(=O)[O-])c4ccc(S(=O)(=O)[O-])cc4C3(C)C)/CCC2)=[N+](CCCS(=O)(=O)[O-])c2ccc(S(=O)(=O)[O-])cc21.CC1(C)C(/C=C/C2=C(NCCC(=O)O)C(=C/C=C3\N(CCCS(=O)(=O)[O-])c4ccc(S(=O)(=O)[O-])cc4C3(C)C)/CCC2)=[N+](CCCS(=O)(=O)[O-])c2ccc(S(=O)(=O)[O-])cc21.NCCC(=O)O. The number of carboxylic acid groups (broad SMARTS) is 2. The molecule has 4 aromatic rings. The van der Waals surface area contributed by atoms with E-state index in [2.05, 4.69) is 5.32 Å². The Balaban J connectivity index is 0.000000283. The van der Waals surface area contributed by atoms with E-state index in [1.54, 1.807) is 43.3 Å². The maximum absolute atomic E-state index is 12.0. The van der Waals surface area contributed by atoms with Crippen LogP contribution < -0.4 is 20.9 Å². The van der Waals surface area contributed by atoms with Gasteiger partial charge in [-0.2, -0.15) is 9.15 Å². The zero-order valence-electron chi connectivity index (χ0n) is 67.1. The first kappa shape index (κ1) is 98.4. The fourth-order valence-electron chi connectivity index (χ4n) is 15.6. The van der Waals surface area contributed by atoms with Crippen molar-refractivity contribution in [3.8, 4) is 0 Å². The van der Waals surface area contributed by atoms with Crippen molar-refractivity contribution in [2.75, 3.05) is 72.1 Å². The first-order chi connectivity index (χ1) is 55.6. The lowest BCUT2D eigenvalue weighted by molar-refractivity contribution is -0.437. The molecule has 0 unspecified atom stereocenters. The molecule has 4 aromatic carbocycles. The molecule has 2 aliphatic carbocycles. The monoisotopic (exact) mass is 1850 g/mol. The van der Waals surface area contributed by atoms with E-state index in [9.17, 15) is 118 Å². The second kappa shape index (κ2) is 37.8. The highest BCUT2D eigenvalue weighted by molar-refractivity contribution is 7.87. The Morgan fingerprint density at radius 2 is 0.785 bits per heavy atom. The Labute approximate surface area is 711 Å². The molecule has 34 nitrogen and oxygen atoms in total. The molecule has 0 saturated heterocycles. The lowest BCUT2D eigenvalue weighted by Crippen LogP contribution is -2.28. The quantitative estimate of drug-likeness (QED) is 0.0273. The topological polar surface area (TPSA) is 583 Å². The molecule has 121 heavy (non-hydrogen) atoms. The summed E-state index contributed by atoms with van der Waals surface area (Å²) in [6.45, 7) is 15.2. The average molecular weight is 1850 g/mol. The molecule has 0 radical (unpaired) electrons. The molecular weight excluding hydrogens is 1760 g/mol. The third kappa shape index (κ3) is 25.0. The molecular formula is C78H93ClN6O28S8-6. The van der Waals surface area contributed by atoms with Crippen LogP contribution in [-0.2, 0) is 112 Å². The predicted molar refractivity (Wildman–Crippen MR) is 441 cm³/mol. The molecule has 4 heterocycles. The normalized spacial score (nSPS) is 19.3. The van der Waals surface area contributed by atoms with Gasteiger partial charge in [0.2, 0.25) is 11.4 Å². The van der Waals surface area contributed by atoms with E-state index in [1.807, 2.05) is 79.7 Å². The minimum Gasteiger partial charge on any atom is -0.748 e. The molecule has 4 aliphatic heterocycles. The summed E-state index contributed by atoms with van der Waals surface area (Å²) >= 11 is 7.01. The minimum absolute atomic E-state index is 0.0107. The van der Waals surface area contributed by atoms with Crippen molar-refractivity contribution in [3.05, 3.63) is 188 Å². The molecule has 0 saturated carbocycles. The molecule has 6 aliphatic rings. The highest BCUT2D eigenvalue weighted by Crippen LogP contribution is 2.52. The van der Waals surface area contributed by atoms with E-state index < -0.39 is 157 Å². The number of hydrogen-bond acceptors (Lipinski definition) is 30. The zero-order valence-corrected chi connectivity index (χ0v) is 74.4. The van der Waals surface area contributed by atoms with Crippen molar-refractivity contribution in [1.82, 2.24) is 5.32 Å². The molecule has 0 atom stereocenters. The van der Waals surface area contributed by atoms with Crippen LogP contribution in [0, 0.1) is 0 Å². The van der Waals surface area contributed by atoms with Gasteiger partial charge in [-0.05, 0) is 185 Å². The van der Waals surface area contributed by atoms with E-state index in [4.69, 9.17) is 22.4 Å². The number of carboxylic acids is 2. The standard InChI is InChI=1S/C39H49N3O14S4.C36H43ClN2O12S4.C3H7NO2/c1-38(2)30-24-28(59(51,52)53)12-14-32(30)41(20-6-22-57(45,46)47)34(38)16-10-26-8-5-9-27(37(26)40-19-18-36(43)44)11-17-35-39(3,4)31-25-29(60(54,55)56)13-15-33(31)42(35)21-7-23-58(48,49)50;1-35(2)28-22-26(54(46,47)48)12-14-30(28)38(18-6-20-52(40,41)42)32(35)16-10-24-8-5-9-25(34(24)37)11-17-33-36(3,4)29-23-27(55(49,50)51)13-15-31(29)39(33)19-7-21-53(43,44)45;4-2-1-3(5)6/h10-17,24-25H,5-9,18-23H2,1-4H3,(H5,43,44,45,46,47,48,49,50,51,52,53,54,55,56);10-17,22-23H,5-9,18-21H2,1-4H3,(H3-,40,41,42,43,44,45,46,47,48,49,50,51);1-2,4H2,(H,5,6)/p-6/b26-10+,34-16-;;. The lowest BCUT2D eigenvalue weighted by atomic mass is 9.81. The zero-order chi connectivity index (χ0) is 90.6. The molecule has 0 amide bonds. The van der Waals surface area contributed by atoms with Crippen LogP contribution in [0.25, 0.3) is 0 Å². The molecule has 0 bridgehead atoms. The highest BCUT2D eigenvalue weighted by atomic mass is 35.5. The number of rotatable bonds is 32. The summed E-state index contributed by atoms with van der Waals surface area (Å²) < 4.78 is 284. The van der Waals surface area contributed by atoms with Gasteiger partial charge in [-0.3, -0.25) is 9.59 Å². The van der Waals surface area contributed by atoms with E-state index in [0.717, 1.165) is 22.3 Å². The van der Waals surface area contributed by atoms with Gasteiger partial charge in [0.1, 0.15) is 53.6 Å². The fraction of sp³-hybridized carbons (Fsp3) is 0.436. The second-order valence-electron chi connectivity index (χ2n) is 31.5.